The average Bonchev–Trinajstić information content (AvgIpc) is 3.05. The largest absolute Gasteiger partial charge is 0.481 e. The fraction of sp³-hybridized carbons (Fsp3) is 0.182. The molecule has 0 spiro atoms. The van der Waals surface area contributed by atoms with Gasteiger partial charge in [0.25, 0.3) is 0 Å². The Bertz CT molecular complexity index is 945. The first-order valence-corrected chi connectivity index (χ1v) is 8.85. The van der Waals surface area contributed by atoms with Crippen LogP contribution in [-0.4, -0.2) is 21.6 Å². The third-order valence-corrected chi connectivity index (χ3v) is 4.46. The summed E-state index contributed by atoms with van der Waals surface area (Å²) < 4.78 is 1.89. The smallest absolute Gasteiger partial charge is 0.303 e. The van der Waals surface area contributed by atoms with E-state index in [1.54, 1.807) is 0 Å². The van der Waals surface area contributed by atoms with Gasteiger partial charge in [-0.3, -0.25) is 9.59 Å². The Morgan fingerprint density at radius 3 is 2.37 bits per heavy atom. The van der Waals surface area contributed by atoms with Crippen LogP contribution in [0.25, 0.3) is 11.3 Å². The maximum atomic E-state index is 12.7. The molecule has 5 nitrogen and oxygen atoms in total. The molecule has 0 aliphatic rings. The molecular weight excluding hydrogens is 340 g/mol. The number of carboxylic acids is 1. The van der Waals surface area contributed by atoms with E-state index in [-0.39, 0.29) is 18.9 Å². The summed E-state index contributed by atoms with van der Waals surface area (Å²) in [4.78, 5) is 23.6. The number of rotatable bonds is 7. The van der Waals surface area contributed by atoms with Gasteiger partial charge in [0, 0.05) is 17.1 Å². The highest BCUT2D eigenvalue weighted by atomic mass is 16.4. The van der Waals surface area contributed by atoms with E-state index in [0.29, 0.717) is 6.42 Å². The van der Waals surface area contributed by atoms with Crippen LogP contribution in [0, 0.1) is 6.92 Å². The van der Waals surface area contributed by atoms with E-state index >= 15 is 0 Å². The lowest BCUT2D eigenvalue weighted by atomic mass is 10.1. The summed E-state index contributed by atoms with van der Waals surface area (Å²) in [5, 5.41) is 12.0. The second-order valence-corrected chi connectivity index (χ2v) is 6.42. The molecule has 3 aromatic rings. The van der Waals surface area contributed by atoms with Gasteiger partial charge in [-0.05, 0) is 42.7 Å². The van der Waals surface area contributed by atoms with Gasteiger partial charge in [-0.15, -0.1) is 0 Å². The normalized spacial score (nSPS) is 10.6. The molecular formula is C22H22N2O3. The summed E-state index contributed by atoms with van der Waals surface area (Å²) >= 11 is 0. The minimum absolute atomic E-state index is 0.0255. The number of hydrogen-bond acceptors (Lipinski definition) is 2. The fourth-order valence-electron chi connectivity index (χ4n) is 3.06. The van der Waals surface area contributed by atoms with Gasteiger partial charge < -0.3 is 15.0 Å². The summed E-state index contributed by atoms with van der Waals surface area (Å²) in [7, 11) is 0. The number of aromatic nitrogens is 1. The molecule has 3 rings (SSSR count). The van der Waals surface area contributed by atoms with Crippen molar-refractivity contribution >= 4 is 17.6 Å². The standard InChI is InChI=1S/C22H22N2O3/c1-16-7-5-6-10-19(16)23-21(25)15-24-18(12-14-22(26)27)11-13-20(24)17-8-3-2-4-9-17/h2-11,13H,12,14-15H2,1H3,(H,23,25)(H,26,27). The topological polar surface area (TPSA) is 71.3 Å². The number of aliphatic carboxylic acids is 1. The van der Waals surface area contributed by atoms with E-state index in [0.717, 1.165) is 28.2 Å². The molecule has 0 fully saturated rings. The van der Waals surface area contributed by atoms with E-state index in [1.807, 2.05) is 78.2 Å². The minimum Gasteiger partial charge on any atom is -0.481 e. The van der Waals surface area contributed by atoms with Crippen molar-refractivity contribution in [1.29, 1.82) is 0 Å². The Balaban J connectivity index is 1.87. The summed E-state index contributed by atoms with van der Waals surface area (Å²) in [5.74, 6) is -0.998. The highest BCUT2D eigenvalue weighted by molar-refractivity contribution is 5.91. The molecule has 2 aromatic carbocycles. The Morgan fingerprint density at radius 1 is 0.963 bits per heavy atom. The van der Waals surface area contributed by atoms with Crippen molar-refractivity contribution in [3.63, 3.8) is 0 Å². The summed E-state index contributed by atoms with van der Waals surface area (Å²) in [6.45, 7) is 2.07. The number of nitrogens with one attached hydrogen (secondary N) is 1. The summed E-state index contributed by atoms with van der Waals surface area (Å²) in [5.41, 5.74) is 4.49. The molecule has 1 aromatic heterocycles. The third-order valence-electron chi connectivity index (χ3n) is 4.46. The van der Waals surface area contributed by atoms with Gasteiger partial charge in [0.05, 0.1) is 6.42 Å². The van der Waals surface area contributed by atoms with Gasteiger partial charge in [-0.2, -0.15) is 0 Å². The first kappa shape index (κ1) is 18.5. The van der Waals surface area contributed by atoms with Crippen LogP contribution in [0.2, 0.25) is 0 Å². The number of carbonyl (C=O) groups is 2. The molecule has 0 aliphatic carbocycles. The minimum atomic E-state index is -0.853. The zero-order valence-electron chi connectivity index (χ0n) is 15.2. The SMILES string of the molecule is Cc1ccccc1NC(=O)Cn1c(CCC(=O)O)ccc1-c1ccccc1. The van der Waals surface area contributed by atoms with Crippen molar-refractivity contribution in [1.82, 2.24) is 4.57 Å². The van der Waals surface area contributed by atoms with Crippen LogP contribution in [-0.2, 0) is 22.6 Å². The summed E-state index contributed by atoms with van der Waals surface area (Å²) in [6, 6.07) is 21.2. The van der Waals surface area contributed by atoms with Crippen LogP contribution < -0.4 is 5.32 Å². The zero-order chi connectivity index (χ0) is 19.2. The van der Waals surface area contributed by atoms with Crippen molar-refractivity contribution in [2.24, 2.45) is 0 Å². The van der Waals surface area contributed by atoms with Crippen LogP contribution >= 0.6 is 0 Å². The monoisotopic (exact) mass is 362 g/mol. The predicted octanol–water partition coefficient (Wildman–Crippen LogP) is 4.12. The lowest BCUT2D eigenvalue weighted by Crippen LogP contribution is -2.21. The second kappa shape index (κ2) is 8.36. The van der Waals surface area contributed by atoms with Crippen LogP contribution in [0.15, 0.2) is 66.7 Å². The number of aryl methyl sites for hydroxylation is 2. The quantitative estimate of drug-likeness (QED) is 0.664. The number of nitrogens with zero attached hydrogens (tertiary/aromatic N) is 1. The van der Waals surface area contributed by atoms with Crippen LogP contribution in [0.4, 0.5) is 5.69 Å². The van der Waals surface area contributed by atoms with Crippen molar-refractivity contribution < 1.29 is 14.7 Å². The molecule has 0 unspecified atom stereocenters. The van der Waals surface area contributed by atoms with E-state index in [1.165, 1.54) is 0 Å². The van der Waals surface area contributed by atoms with Crippen LogP contribution in [0.5, 0.6) is 0 Å². The van der Waals surface area contributed by atoms with Gasteiger partial charge >= 0.3 is 5.97 Å². The number of para-hydroxylation sites is 1. The van der Waals surface area contributed by atoms with E-state index in [2.05, 4.69) is 5.32 Å². The number of amides is 1. The van der Waals surface area contributed by atoms with Gasteiger partial charge in [0.1, 0.15) is 6.54 Å². The molecule has 0 saturated heterocycles. The second-order valence-electron chi connectivity index (χ2n) is 6.42. The van der Waals surface area contributed by atoms with Crippen LogP contribution in [0.1, 0.15) is 17.7 Å². The first-order valence-electron chi connectivity index (χ1n) is 8.85. The Labute approximate surface area is 158 Å². The molecule has 5 heteroatoms. The Morgan fingerprint density at radius 2 is 1.67 bits per heavy atom. The predicted molar refractivity (Wildman–Crippen MR) is 106 cm³/mol. The van der Waals surface area contributed by atoms with E-state index in [4.69, 9.17) is 5.11 Å². The van der Waals surface area contributed by atoms with Gasteiger partial charge in [0.2, 0.25) is 5.91 Å². The third kappa shape index (κ3) is 4.64. The molecule has 0 bridgehead atoms. The number of carboxylic acid groups (broad SMARTS) is 1. The molecule has 2 N–H and O–H groups in total. The molecule has 1 amide bonds. The van der Waals surface area contributed by atoms with E-state index < -0.39 is 5.97 Å². The highest BCUT2D eigenvalue weighted by Crippen LogP contribution is 2.24. The fourth-order valence-corrected chi connectivity index (χ4v) is 3.06. The van der Waals surface area contributed by atoms with Gasteiger partial charge in [-0.1, -0.05) is 48.5 Å². The molecule has 0 aliphatic heterocycles. The Kier molecular flexibility index (Phi) is 5.71. The Hall–Kier alpha value is -3.34. The number of anilines is 1. The van der Waals surface area contributed by atoms with Gasteiger partial charge in [-0.25, -0.2) is 0 Å². The maximum absolute atomic E-state index is 12.7. The molecule has 0 atom stereocenters. The van der Waals surface area contributed by atoms with Crippen molar-refractivity contribution in [2.75, 3.05) is 5.32 Å². The summed E-state index contributed by atoms with van der Waals surface area (Å²) in [6.07, 6.45) is 0.400. The lowest BCUT2D eigenvalue weighted by Gasteiger charge is -2.14. The lowest BCUT2D eigenvalue weighted by molar-refractivity contribution is -0.137. The average molecular weight is 362 g/mol. The van der Waals surface area contributed by atoms with Crippen molar-refractivity contribution in [3.8, 4) is 11.3 Å². The van der Waals surface area contributed by atoms with Crippen LogP contribution in [0.3, 0.4) is 0 Å². The van der Waals surface area contributed by atoms with E-state index in [9.17, 15) is 9.59 Å². The molecule has 138 valence electrons. The van der Waals surface area contributed by atoms with Gasteiger partial charge in [0.15, 0.2) is 0 Å². The molecule has 27 heavy (non-hydrogen) atoms. The van der Waals surface area contributed by atoms with Crippen molar-refractivity contribution in [2.45, 2.75) is 26.3 Å². The number of benzene rings is 2. The highest BCUT2D eigenvalue weighted by Gasteiger charge is 2.15. The number of carbonyl (C=O) groups excluding carboxylic acids is 1. The molecule has 0 saturated carbocycles. The van der Waals surface area contributed by atoms with Crippen molar-refractivity contribution in [3.05, 3.63) is 78.0 Å². The first-order chi connectivity index (χ1) is 13.0. The maximum Gasteiger partial charge on any atom is 0.303 e. The molecule has 1 heterocycles. The zero-order valence-corrected chi connectivity index (χ0v) is 15.2. The number of hydrogen-bond donors (Lipinski definition) is 2. The molecule has 0 radical (unpaired) electrons.